The standard InChI is InChI=1S/C12H18N4O/c13-9-5-6-10(11(14)17)16-12(9)15-7-1-2-8-3-4-8/h5-6,8H,1-4,7,13H2,(H2,14,17)(H,15,16). The van der Waals surface area contributed by atoms with Gasteiger partial charge < -0.3 is 16.8 Å². The van der Waals surface area contributed by atoms with Crippen LogP contribution in [-0.2, 0) is 0 Å². The summed E-state index contributed by atoms with van der Waals surface area (Å²) in [6.45, 7) is 0.829. The number of anilines is 2. The highest BCUT2D eigenvalue weighted by Crippen LogP contribution is 2.33. The average Bonchev–Trinajstić information content (AvgIpc) is 3.10. The predicted molar refractivity (Wildman–Crippen MR) is 67.6 cm³/mol. The number of amides is 1. The van der Waals surface area contributed by atoms with Gasteiger partial charge in [0.2, 0.25) is 0 Å². The lowest BCUT2D eigenvalue weighted by atomic mass is 10.2. The van der Waals surface area contributed by atoms with Crippen molar-refractivity contribution in [2.24, 2.45) is 11.7 Å². The summed E-state index contributed by atoms with van der Waals surface area (Å²) in [7, 11) is 0. The van der Waals surface area contributed by atoms with Crippen molar-refractivity contribution in [3.8, 4) is 0 Å². The van der Waals surface area contributed by atoms with Crippen LogP contribution in [-0.4, -0.2) is 17.4 Å². The quantitative estimate of drug-likeness (QED) is 0.648. The highest BCUT2D eigenvalue weighted by Gasteiger charge is 2.20. The summed E-state index contributed by atoms with van der Waals surface area (Å²) in [5.74, 6) is 0.946. The first-order chi connectivity index (χ1) is 8.16. The van der Waals surface area contributed by atoms with Crippen LogP contribution in [0.3, 0.4) is 0 Å². The lowest BCUT2D eigenvalue weighted by molar-refractivity contribution is 0.0996. The molecule has 0 saturated heterocycles. The van der Waals surface area contributed by atoms with E-state index in [1.54, 1.807) is 6.07 Å². The van der Waals surface area contributed by atoms with Crippen molar-refractivity contribution in [3.63, 3.8) is 0 Å². The van der Waals surface area contributed by atoms with E-state index in [-0.39, 0.29) is 5.69 Å². The Morgan fingerprint density at radius 1 is 1.47 bits per heavy atom. The van der Waals surface area contributed by atoms with Crippen LogP contribution >= 0.6 is 0 Å². The summed E-state index contributed by atoms with van der Waals surface area (Å²) < 4.78 is 0. The van der Waals surface area contributed by atoms with E-state index in [0.29, 0.717) is 11.5 Å². The van der Waals surface area contributed by atoms with Gasteiger partial charge in [-0.15, -0.1) is 0 Å². The third kappa shape index (κ3) is 3.34. The molecule has 1 aliphatic rings. The highest BCUT2D eigenvalue weighted by atomic mass is 16.1. The van der Waals surface area contributed by atoms with Crippen LogP contribution < -0.4 is 16.8 Å². The Labute approximate surface area is 101 Å². The van der Waals surface area contributed by atoms with Crippen LogP contribution in [0.2, 0.25) is 0 Å². The fourth-order valence-electron chi connectivity index (χ4n) is 1.75. The maximum Gasteiger partial charge on any atom is 0.267 e. The molecule has 1 aromatic heterocycles. The Bertz CT molecular complexity index is 415. The lowest BCUT2D eigenvalue weighted by Crippen LogP contribution is -2.15. The molecule has 0 atom stereocenters. The van der Waals surface area contributed by atoms with Crippen molar-refractivity contribution in [2.75, 3.05) is 17.6 Å². The number of nitrogens with two attached hydrogens (primary N) is 2. The Balaban J connectivity index is 1.88. The van der Waals surface area contributed by atoms with Gasteiger partial charge in [-0.25, -0.2) is 4.98 Å². The molecular weight excluding hydrogens is 216 g/mol. The molecule has 5 nitrogen and oxygen atoms in total. The molecule has 0 aromatic carbocycles. The zero-order chi connectivity index (χ0) is 12.3. The van der Waals surface area contributed by atoms with Gasteiger partial charge in [0.15, 0.2) is 0 Å². The fraction of sp³-hybridized carbons (Fsp3) is 0.500. The number of carbonyl (C=O) groups excluding carboxylic acids is 1. The van der Waals surface area contributed by atoms with Crippen LogP contribution in [0.1, 0.15) is 36.2 Å². The average molecular weight is 234 g/mol. The zero-order valence-electron chi connectivity index (χ0n) is 9.78. The molecule has 1 aromatic rings. The van der Waals surface area contributed by atoms with Crippen LogP contribution in [0, 0.1) is 5.92 Å². The number of nitrogen functional groups attached to an aromatic ring is 1. The maximum atomic E-state index is 11.0. The van der Waals surface area contributed by atoms with E-state index in [4.69, 9.17) is 11.5 Å². The summed E-state index contributed by atoms with van der Waals surface area (Å²) in [5.41, 5.74) is 11.7. The molecule has 0 radical (unpaired) electrons. The molecule has 0 bridgehead atoms. The number of hydrogen-bond donors (Lipinski definition) is 3. The van der Waals surface area contributed by atoms with Gasteiger partial charge >= 0.3 is 0 Å². The van der Waals surface area contributed by atoms with E-state index in [2.05, 4.69) is 10.3 Å². The molecule has 92 valence electrons. The highest BCUT2D eigenvalue weighted by molar-refractivity contribution is 5.91. The van der Waals surface area contributed by atoms with E-state index >= 15 is 0 Å². The minimum atomic E-state index is -0.536. The van der Waals surface area contributed by atoms with E-state index in [9.17, 15) is 4.79 Å². The van der Waals surface area contributed by atoms with Gasteiger partial charge in [-0.3, -0.25) is 4.79 Å². The topological polar surface area (TPSA) is 94.0 Å². The van der Waals surface area contributed by atoms with Crippen molar-refractivity contribution in [1.82, 2.24) is 4.98 Å². The number of nitrogens with zero attached hydrogens (tertiary/aromatic N) is 1. The summed E-state index contributed by atoms with van der Waals surface area (Å²) in [5, 5.41) is 3.15. The lowest BCUT2D eigenvalue weighted by Gasteiger charge is -2.08. The first kappa shape index (κ1) is 11.7. The van der Waals surface area contributed by atoms with Gasteiger partial charge in [-0.2, -0.15) is 0 Å². The van der Waals surface area contributed by atoms with Gasteiger partial charge in [-0.05, 0) is 30.9 Å². The normalized spacial score (nSPS) is 14.6. The number of hydrogen-bond acceptors (Lipinski definition) is 4. The van der Waals surface area contributed by atoms with E-state index in [1.807, 2.05) is 0 Å². The van der Waals surface area contributed by atoms with Crippen LogP contribution in [0.15, 0.2) is 12.1 Å². The van der Waals surface area contributed by atoms with Crippen LogP contribution in [0.25, 0.3) is 0 Å². The molecule has 0 aliphatic heterocycles. The Hall–Kier alpha value is -1.78. The number of carbonyl (C=O) groups is 1. The van der Waals surface area contributed by atoms with Gasteiger partial charge in [0.05, 0.1) is 5.69 Å². The SMILES string of the molecule is NC(=O)c1ccc(N)c(NCCCC2CC2)n1. The van der Waals surface area contributed by atoms with Gasteiger partial charge in [0, 0.05) is 6.54 Å². The minimum Gasteiger partial charge on any atom is -0.396 e. The van der Waals surface area contributed by atoms with E-state index in [0.717, 1.165) is 18.9 Å². The number of aromatic nitrogens is 1. The van der Waals surface area contributed by atoms with Crippen molar-refractivity contribution in [1.29, 1.82) is 0 Å². The van der Waals surface area contributed by atoms with Gasteiger partial charge in [0.1, 0.15) is 11.5 Å². The zero-order valence-corrected chi connectivity index (χ0v) is 9.78. The summed E-state index contributed by atoms with van der Waals surface area (Å²) >= 11 is 0. The minimum absolute atomic E-state index is 0.240. The molecule has 5 N–H and O–H groups in total. The van der Waals surface area contributed by atoms with Gasteiger partial charge in [0.25, 0.3) is 5.91 Å². The smallest absolute Gasteiger partial charge is 0.267 e. The van der Waals surface area contributed by atoms with Crippen LogP contribution in [0.5, 0.6) is 0 Å². The molecule has 17 heavy (non-hydrogen) atoms. The van der Waals surface area contributed by atoms with Crippen molar-refractivity contribution in [3.05, 3.63) is 17.8 Å². The van der Waals surface area contributed by atoms with E-state index in [1.165, 1.54) is 25.3 Å². The summed E-state index contributed by atoms with van der Waals surface area (Å²) in [4.78, 5) is 15.1. The first-order valence-electron chi connectivity index (χ1n) is 5.97. The molecule has 5 heteroatoms. The fourth-order valence-corrected chi connectivity index (χ4v) is 1.75. The molecule has 1 heterocycles. The molecular formula is C12H18N4O. The van der Waals surface area contributed by atoms with Crippen molar-refractivity contribution >= 4 is 17.4 Å². The number of pyridine rings is 1. The van der Waals surface area contributed by atoms with E-state index < -0.39 is 5.91 Å². The molecule has 2 rings (SSSR count). The third-order valence-corrected chi connectivity index (χ3v) is 2.96. The molecule has 1 fully saturated rings. The number of nitrogens with one attached hydrogen (secondary N) is 1. The molecule has 0 unspecified atom stereocenters. The molecule has 0 spiro atoms. The summed E-state index contributed by atoms with van der Waals surface area (Å²) in [6.07, 6.45) is 5.10. The van der Waals surface area contributed by atoms with Crippen molar-refractivity contribution in [2.45, 2.75) is 25.7 Å². The molecule has 1 saturated carbocycles. The van der Waals surface area contributed by atoms with Crippen LogP contribution in [0.4, 0.5) is 11.5 Å². The monoisotopic (exact) mass is 234 g/mol. The third-order valence-electron chi connectivity index (χ3n) is 2.96. The Morgan fingerprint density at radius 3 is 2.88 bits per heavy atom. The van der Waals surface area contributed by atoms with Crippen molar-refractivity contribution < 1.29 is 4.79 Å². The molecule has 1 aliphatic carbocycles. The second-order valence-electron chi connectivity index (χ2n) is 4.51. The Kier molecular flexibility index (Phi) is 3.46. The second-order valence-corrected chi connectivity index (χ2v) is 4.51. The largest absolute Gasteiger partial charge is 0.396 e. The predicted octanol–water partition coefficient (Wildman–Crippen LogP) is 1.36. The number of rotatable bonds is 6. The molecule has 1 amide bonds. The van der Waals surface area contributed by atoms with Gasteiger partial charge in [-0.1, -0.05) is 12.8 Å². The Morgan fingerprint density at radius 2 is 2.24 bits per heavy atom. The first-order valence-corrected chi connectivity index (χ1v) is 5.97. The maximum absolute atomic E-state index is 11.0. The number of primary amides is 1. The second kappa shape index (κ2) is 5.03. The summed E-state index contributed by atoms with van der Waals surface area (Å²) in [6, 6.07) is 3.18.